The van der Waals surface area contributed by atoms with Crippen LogP contribution >= 0.6 is 11.8 Å². The zero-order valence-electron chi connectivity index (χ0n) is 11.0. The Bertz CT molecular complexity index is 639. The summed E-state index contributed by atoms with van der Waals surface area (Å²) in [5, 5.41) is 10.6. The van der Waals surface area contributed by atoms with Gasteiger partial charge in [-0.25, -0.2) is 0 Å². The third-order valence-corrected chi connectivity index (χ3v) is 3.82. The lowest BCUT2D eigenvalue weighted by molar-refractivity contribution is -0.385. The number of nitro benzene ring substituents is 1. The topological polar surface area (TPSA) is 80.5 Å². The Labute approximate surface area is 119 Å². The average molecular weight is 292 g/mol. The van der Waals surface area contributed by atoms with Crippen molar-refractivity contribution in [2.24, 2.45) is 0 Å². The maximum absolute atomic E-state index is 11.9. The van der Waals surface area contributed by atoms with Gasteiger partial charge in [0, 0.05) is 18.2 Å². The number of amides is 2. The number of carbonyl (C=O) groups is 2. The first-order valence-electron chi connectivity index (χ1n) is 5.94. The van der Waals surface area contributed by atoms with Crippen molar-refractivity contribution in [2.45, 2.75) is 13.8 Å². The second kappa shape index (κ2) is 5.46. The van der Waals surface area contributed by atoms with Crippen molar-refractivity contribution in [3.8, 4) is 0 Å². The Morgan fingerprint density at radius 2 is 2.10 bits per heavy atom. The number of rotatable bonds is 3. The Morgan fingerprint density at radius 3 is 2.65 bits per heavy atom. The predicted octanol–water partition coefficient (Wildman–Crippen LogP) is 2.96. The summed E-state index contributed by atoms with van der Waals surface area (Å²) in [5.41, 5.74) is 1.08. The summed E-state index contributed by atoms with van der Waals surface area (Å²) in [4.78, 5) is 35.3. The molecule has 1 aliphatic rings. The molecule has 1 heterocycles. The molecule has 0 saturated carbocycles. The van der Waals surface area contributed by atoms with E-state index in [1.54, 1.807) is 26.0 Å². The van der Waals surface area contributed by atoms with E-state index in [-0.39, 0.29) is 21.7 Å². The molecule has 0 spiro atoms. The Morgan fingerprint density at radius 1 is 1.40 bits per heavy atom. The van der Waals surface area contributed by atoms with Gasteiger partial charge in [-0.15, -0.1) is 0 Å². The van der Waals surface area contributed by atoms with Crippen LogP contribution in [0, 0.1) is 17.0 Å². The second-order valence-electron chi connectivity index (χ2n) is 4.23. The van der Waals surface area contributed by atoms with Gasteiger partial charge in [-0.2, -0.15) is 0 Å². The third-order valence-electron chi connectivity index (χ3n) is 2.92. The van der Waals surface area contributed by atoms with E-state index in [1.165, 1.54) is 12.1 Å². The van der Waals surface area contributed by atoms with E-state index in [1.807, 2.05) is 0 Å². The van der Waals surface area contributed by atoms with Gasteiger partial charge in [0.1, 0.15) is 0 Å². The van der Waals surface area contributed by atoms with E-state index in [0.717, 1.165) is 16.7 Å². The number of hydrogen-bond acceptors (Lipinski definition) is 5. The number of likely N-dealkylation sites (N-methyl/N-ethyl adjacent to an activating group) is 1. The number of nitro groups is 1. The monoisotopic (exact) mass is 292 g/mol. The molecule has 0 aromatic heterocycles. The lowest BCUT2D eigenvalue weighted by Crippen LogP contribution is -2.27. The highest BCUT2D eigenvalue weighted by Gasteiger charge is 2.33. The van der Waals surface area contributed by atoms with Gasteiger partial charge in [-0.05, 0) is 37.2 Å². The number of benzene rings is 1. The first-order valence-corrected chi connectivity index (χ1v) is 6.76. The summed E-state index contributed by atoms with van der Waals surface area (Å²) in [6.45, 7) is 3.68. The van der Waals surface area contributed by atoms with Crippen LogP contribution in [0.4, 0.5) is 10.5 Å². The Balaban J connectivity index is 2.37. The van der Waals surface area contributed by atoms with Gasteiger partial charge in [-0.1, -0.05) is 12.1 Å². The summed E-state index contributed by atoms with van der Waals surface area (Å²) in [5.74, 6) is -0.356. The van der Waals surface area contributed by atoms with Crippen molar-refractivity contribution in [2.75, 3.05) is 6.54 Å². The van der Waals surface area contributed by atoms with Gasteiger partial charge in [-0.3, -0.25) is 24.6 Å². The molecule has 1 aliphatic heterocycles. The summed E-state index contributed by atoms with van der Waals surface area (Å²) in [7, 11) is 0. The molecule has 2 amide bonds. The Hall–Kier alpha value is -2.15. The minimum Gasteiger partial charge on any atom is -0.269 e. The number of imide groups is 1. The molecule has 0 radical (unpaired) electrons. The Kier molecular flexibility index (Phi) is 3.89. The minimum atomic E-state index is -0.468. The van der Waals surface area contributed by atoms with Crippen LogP contribution in [0.3, 0.4) is 0 Å². The standard InChI is InChI=1S/C13H12N2O4S/c1-3-14-12(16)11(20-13(14)17)7-9-5-4-8(2)10(6-9)15(18)19/h4-7H,3H2,1-2H3/b11-7+. The molecule has 1 fully saturated rings. The predicted molar refractivity (Wildman–Crippen MR) is 76.2 cm³/mol. The van der Waals surface area contributed by atoms with Crippen molar-refractivity contribution in [3.63, 3.8) is 0 Å². The van der Waals surface area contributed by atoms with Crippen LogP contribution in [0.1, 0.15) is 18.1 Å². The van der Waals surface area contributed by atoms with Gasteiger partial charge in [0.05, 0.1) is 9.83 Å². The molecule has 0 N–H and O–H groups in total. The molecule has 1 aromatic rings. The van der Waals surface area contributed by atoms with Crippen LogP contribution < -0.4 is 0 Å². The molecule has 6 nitrogen and oxygen atoms in total. The fraction of sp³-hybridized carbons (Fsp3) is 0.231. The average Bonchev–Trinajstić information content (AvgIpc) is 2.66. The number of aryl methyl sites for hydroxylation is 1. The summed E-state index contributed by atoms with van der Waals surface area (Å²) in [6, 6.07) is 4.70. The summed E-state index contributed by atoms with van der Waals surface area (Å²) < 4.78 is 0. The fourth-order valence-corrected chi connectivity index (χ4v) is 2.74. The van der Waals surface area contributed by atoms with E-state index < -0.39 is 4.92 Å². The molecule has 1 saturated heterocycles. The van der Waals surface area contributed by atoms with Crippen molar-refractivity contribution >= 4 is 34.7 Å². The van der Waals surface area contributed by atoms with Crippen molar-refractivity contribution < 1.29 is 14.5 Å². The van der Waals surface area contributed by atoms with E-state index in [4.69, 9.17) is 0 Å². The lowest BCUT2D eigenvalue weighted by Gasteiger charge is -2.07. The molecule has 0 aliphatic carbocycles. The van der Waals surface area contributed by atoms with E-state index in [9.17, 15) is 19.7 Å². The number of thioether (sulfide) groups is 1. The molecule has 7 heteroatoms. The number of nitrogens with zero attached hydrogens (tertiary/aromatic N) is 2. The van der Waals surface area contributed by atoms with Gasteiger partial charge in [0.2, 0.25) is 0 Å². The zero-order chi connectivity index (χ0) is 14.9. The number of carbonyl (C=O) groups excluding carboxylic acids is 2. The van der Waals surface area contributed by atoms with E-state index in [0.29, 0.717) is 17.7 Å². The van der Waals surface area contributed by atoms with Gasteiger partial charge < -0.3 is 0 Å². The number of hydrogen-bond donors (Lipinski definition) is 0. The third kappa shape index (κ3) is 2.57. The second-order valence-corrected chi connectivity index (χ2v) is 5.22. The van der Waals surface area contributed by atoms with Crippen LogP contribution in [0.5, 0.6) is 0 Å². The smallest absolute Gasteiger partial charge is 0.269 e. The maximum Gasteiger partial charge on any atom is 0.293 e. The lowest BCUT2D eigenvalue weighted by atomic mass is 10.1. The van der Waals surface area contributed by atoms with Crippen LogP contribution in [0.15, 0.2) is 23.1 Å². The maximum atomic E-state index is 11.9. The van der Waals surface area contributed by atoms with Crippen molar-refractivity contribution in [1.82, 2.24) is 4.90 Å². The molecular weight excluding hydrogens is 280 g/mol. The van der Waals surface area contributed by atoms with Gasteiger partial charge >= 0.3 is 0 Å². The van der Waals surface area contributed by atoms with E-state index >= 15 is 0 Å². The first kappa shape index (κ1) is 14.3. The van der Waals surface area contributed by atoms with Crippen LogP contribution in [-0.2, 0) is 4.79 Å². The van der Waals surface area contributed by atoms with Crippen molar-refractivity contribution in [3.05, 3.63) is 44.3 Å². The highest BCUT2D eigenvalue weighted by molar-refractivity contribution is 8.18. The zero-order valence-corrected chi connectivity index (χ0v) is 11.8. The van der Waals surface area contributed by atoms with Gasteiger partial charge in [0.15, 0.2) is 0 Å². The van der Waals surface area contributed by atoms with Crippen LogP contribution in [0.2, 0.25) is 0 Å². The normalized spacial score (nSPS) is 17.1. The summed E-state index contributed by atoms with van der Waals surface area (Å²) in [6.07, 6.45) is 1.51. The SMILES string of the molecule is CCN1C(=O)S/C(=C/c2ccc(C)c([N+](=O)[O-])c2)C1=O. The largest absolute Gasteiger partial charge is 0.293 e. The van der Waals surface area contributed by atoms with E-state index in [2.05, 4.69) is 0 Å². The summed E-state index contributed by atoms with van der Waals surface area (Å²) >= 11 is 0.848. The fourth-order valence-electron chi connectivity index (χ4n) is 1.84. The van der Waals surface area contributed by atoms with Crippen molar-refractivity contribution in [1.29, 1.82) is 0 Å². The molecule has 2 rings (SSSR count). The quantitative estimate of drug-likeness (QED) is 0.486. The van der Waals surface area contributed by atoms with Crippen LogP contribution in [-0.4, -0.2) is 27.5 Å². The molecule has 0 unspecified atom stereocenters. The molecule has 1 aromatic carbocycles. The molecule has 104 valence electrons. The molecule has 20 heavy (non-hydrogen) atoms. The highest BCUT2D eigenvalue weighted by Crippen LogP contribution is 2.32. The minimum absolute atomic E-state index is 0.00605. The highest BCUT2D eigenvalue weighted by atomic mass is 32.2. The van der Waals surface area contributed by atoms with Gasteiger partial charge in [0.25, 0.3) is 16.8 Å². The molecule has 0 atom stereocenters. The first-order chi connectivity index (χ1) is 9.43. The van der Waals surface area contributed by atoms with Crippen LogP contribution in [0.25, 0.3) is 6.08 Å². The molecular formula is C13H12N2O4S. The molecule has 0 bridgehead atoms.